The van der Waals surface area contributed by atoms with Gasteiger partial charge < -0.3 is 10.8 Å². The summed E-state index contributed by atoms with van der Waals surface area (Å²) in [6, 6.07) is 5.51. The van der Waals surface area contributed by atoms with E-state index in [1.165, 1.54) is 24.3 Å². The molecule has 0 aliphatic carbocycles. The molecule has 98 valence electrons. The Kier molecular flexibility index (Phi) is 3.28. The van der Waals surface area contributed by atoms with Crippen molar-refractivity contribution in [1.29, 1.82) is 0 Å². The highest BCUT2D eigenvalue weighted by Crippen LogP contribution is 2.08. The third-order valence-electron chi connectivity index (χ3n) is 2.51. The molecule has 1 heterocycles. The van der Waals surface area contributed by atoms with Gasteiger partial charge in [0.05, 0.1) is 12.9 Å². The standard InChI is InChI=1S/C12H10FN3O3/c13-8-3-1-7(2-4-8)5-16-6-15-9(11(14)18)10(17)12(16)19/h1-4,6,17H,5H2,(H2,14,18). The molecule has 2 rings (SSSR count). The molecule has 0 bridgehead atoms. The Morgan fingerprint density at radius 2 is 2.00 bits per heavy atom. The number of amides is 1. The molecule has 7 heteroatoms. The van der Waals surface area contributed by atoms with Crippen LogP contribution < -0.4 is 11.3 Å². The predicted octanol–water partition coefficient (Wildman–Crippen LogP) is 0.235. The van der Waals surface area contributed by atoms with E-state index in [1.807, 2.05) is 0 Å². The van der Waals surface area contributed by atoms with Crippen molar-refractivity contribution in [1.82, 2.24) is 9.55 Å². The number of carbonyl (C=O) groups excluding carboxylic acids is 1. The smallest absolute Gasteiger partial charge is 0.296 e. The van der Waals surface area contributed by atoms with Gasteiger partial charge in [0.25, 0.3) is 11.5 Å². The lowest BCUT2D eigenvalue weighted by atomic mass is 10.2. The Morgan fingerprint density at radius 3 is 2.58 bits per heavy atom. The van der Waals surface area contributed by atoms with Gasteiger partial charge in [0.1, 0.15) is 5.82 Å². The highest BCUT2D eigenvalue weighted by atomic mass is 19.1. The van der Waals surface area contributed by atoms with E-state index in [-0.39, 0.29) is 12.4 Å². The summed E-state index contributed by atoms with van der Waals surface area (Å²) < 4.78 is 13.8. The minimum atomic E-state index is -0.983. The highest BCUT2D eigenvalue weighted by Gasteiger charge is 2.14. The van der Waals surface area contributed by atoms with Crippen LogP contribution in [0.25, 0.3) is 0 Å². The normalized spacial score (nSPS) is 10.4. The zero-order chi connectivity index (χ0) is 14.0. The summed E-state index contributed by atoms with van der Waals surface area (Å²) in [5, 5.41) is 9.51. The fraction of sp³-hybridized carbons (Fsp3) is 0.0833. The molecule has 0 saturated carbocycles. The molecule has 1 aromatic heterocycles. The van der Waals surface area contributed by atoms with Gasteiger partial charge in [0, 0.05) is 0 Å². The first-order valence-corrected chi connectivity index (χ1v) is 5.31. The van der Waals surface area contributed by atoms with Gasteiger partial charge in [-0.25, -0.2) is 9.37 Å². The van der Waals surface area contributed by atoms with Crippen LogP contribution in [0.15, 0.2) is 35.4 Å². The van der Waals surface area contributed by atoms with Crippen LogP contribution in [0.3, 0.4) is 0 Å². The molecular formula is C12H10FN3O3. The molecule has 0 fully saturated rings. The molecule has 2 aromatic rings. The van der Waals surface area contributed by atoms with Gasteiger partial charge in [-0.2, -0.15) is 0 Å². The lowest BCUT2D eigenvalue weighted by Crippen LogP contribution is -2.25. The Labute approximate surface area is 106 Å². The van der Waals surface area contributed by atoms with Crippen molar-refractivity contribution in [2.75, 3.05) is 0 Å². The number of primary amides is 1. The van der Waals surface area contributed by atoms with Crippen LogP contribution in [0.1, 0.15) is 16.1 Å². The first kappa shape index (κ1) is 12.7. The number of nitrogens with zero attached hydrogens (tertiary/aromatic N) is 2. The van der Waals surface area contributed by atoms with Crippen molar-refractivity contribution < 1.29 is 14.3 Å². The molecule has 19 heavy (non-hydrogen) atoms. The summed E-state index contributed by atoms with van der Waals surface area (Å²) in [5.74, 6) is -2.17. The van der Waals surface area contributed by atoms with Gasteiger partial charge in [-0.05, 0) is 17.7 Å². The van der Waals surface area contributed by atoms with Crippen molar-refractivity contribution in [3.63, 3.8) is 0 Å². The summed E-state index contributed by atoms with van der Waals surface area (Å²) in [4.78, 5) is 26.3. The van der Waals surface area contributed by atoms with E-state index >= 15 is 0 Å². The number of hydrogen-bond acceptors (Lipinski definition) is 4. The minimum Gasteiger partial charge on any atom is -0.501 e. The number of aromatic hydroxyl groups is 1. The van der Waals surface area contributed by atoms with Gasteiger partial charge >= 0.3 is 0 Å². The van der Waals surface area contributed by atoms with Crippen LogP contribution in [0.2, 0.25) is 0 Å². The zero-order valence-electron chi connectivity index (χ0n) is 9.71. The highest BCUT2D eigenvalue weighted by molar-refractivity contribution is 5.93. The van der Waals surface area contributed by atoms with E-state index < -0.39 is 22.9 Å². The van der Waals surface area contributed by atoms with E-state index in [4.69, 9.17) is 5.73 Å². The molecule has 1 aromatic carbocycles. The average Bonchev–Trinajstić information content (AvgIpc) is 2.37. The summed E-state index contributed by atoms with van der Waals surface area (Å²) in [5.41, 5.74) is 4.35. The number of rotatable bonds is 3. The molecular weight excluding hydrogens is 253 g/mol. The van der Waals surface area contributed by atoms with Crippen molar-refractivity contribution in [2.24, 2.45) is 5.73 Å². The van der Waals surface area contributed by atoms with Crippen LogP contribution in [-0.2, 0) is 6.54 Å². The Balaban J connectivity index is 2.37. The maximum Gasteiger partial charge on any atom is 0.296 e. The Morgan fingerprint density at radius 1 is 1.37 bits per heavy atom. The fourth-order valence-corrected chi connectivity index (χ4v) is 1.56. The number of aromatic nitrogens is 2. The molecule has 0 radical (unpaired) electrons. The van der Waals surface area contributed by atoms with Gasteiger partial charge in [-0.15, -0.1) is 0 Å². The molecule has 3 N–H and O–H groups in total. The van der Waals surface area contributed by atoms with Gasteiger partial charge in [-0.3, -0.25) is 14.2 Å². The van der Waals surface area contributed by atoms with Crippen molar-refractivity contribution >= 4 is 5.91 Å². The molecule has 0 saturated heterocycles. The number of hydrogen-bond donors (Lipinski definition) is 2. The average molecular weight is 263 g/mol. The van der Waals surface area contributed by atoms with Crippen LogP contribution >= 0.6 is 0 Å². The van der Waals surface area contributed by atoms with Crippen molar-refractivity contribution in [3.8, 4) is 5.75 Å². The van der Waals surface area contributed by atoms with E-state index in [0.717, 1.165) is 10.9 Å². The number of halogens is 1. The van der Waals surface area contributed by atoms with Gasteiger partial charge in [-0.1, -0.05) is 12.1 Å². The zero-order valence-corrected chi connectivity index (χ0v) is 9.71. The maximum absolute atomic E-state index is 12.7. The van der Waals surface area contributed by atoms with Crippen LogP contribution in [0.4, 0.5) is 4.39 Å². The van der Waals surface area contributed by atoms with Crippen LogP contribution in [-0.4, -0.2) is 20.6 Å². The Bertz CT molecular complexity index is 680. The number of benzene rings is 1. The van der Waals surface area contributed by atoms with E-state index in [1.54, 1.807) is 0 Å². The van der Waals surface area contributed by atoms with E-state index in [2.05, 4.69) is 4.98 Å². The molecule has 0 aliphatic heterocycles. The van der Waals surface area contributed by atoms with E-state index in [9.17, 15) is 19.1 Å². The minimum absolute atomic E-state index is 0.0959. The van der Waals surface area contributed by atoms with Gasteiger partial charge in [0.2, 0.25) is 5.75 Å². The van der Waals surface area contributed by atoms with Crippen molar-refractivity contribution in [3.05, 3.63) is 58.0 Å². The summed E-state index contributed by atoms with van der Waals surface area (Å²) in [6.07, 6.45) is 1.10. The largest absolute Gasteiger partial charge is 0.501 e. The third-order valence-corrected chi connectivity index (χ3v) is 2.51. The fourth-order valence-electron chi connectivity index (χ4n) is 1.56. The van der Waals surface area contributed by atoms with Gasteiger partial charge in [0.15, 0.2) is 5.69 Å². The van der Waals surface area contributed by atoms with Crippen LogP contribution in [0.5, 0.6) is 5.75 Å². The molecule has 6 nitrogen and oxygen atoms in total. The second kappa shape index (κ2) is 4.89. The topological polar surface area (TPSA) is 98.2 Å². The third kappa shape index (κ3) is 2.59. The predicted molar refractivity (Wildman–Crippen MR) is 64.2 cm³/mol. The monoisotopic (exact) mass is 263 g/mol. The Hall–Kier alpha value is -2.70. The molecule has 1 amide bonds. The lowest BCUT2D eigenvalue weighted by molar-refractivity contribution is 0.0992. The second-order valence-electron chi connectivity index (χ2n) is 3.87. The summed E-state index contributed by atoms with van der Waals surface area (Å²) in [7, 11) is 0. The maximum atomic E-state index is 12.7. The van der Waals surface area contributed by atoms with Crippen molar-refractivity contribution in [2.45, 2.75) is 6.54 Å². The second-order valence-corrected chi connectivity index (χ2v) is 3.87. The molecule has 0 aliphatic rings. The number of nitrogens with two attached hydrogens (primary N) is 1. The van der Waals surface area contributed by atoms with Crippen LogP contribution in [0, 0.1) is 5.82 Å². The molecule has 0 spiro atoms. The molecule has 0 atom stereocenters. The SMILES string of the molecule is NC(=O)c1ncn(Cc2ccc(F)cc2)c(=O)c1O. The van der Waals surface area contributed by atoms with E-state index in [0.29, 0.717) is 5.56 Å². The first-order valence-electron chi connectivity index (χ1n) is 5.31. The summed E-state index contributed by atoms with van der Waals surface area (Å²) in [6.45, 7) is 0.0959. The number of carbonyl (C=O) groups is 1. The first-order chi connectivity index (χ1) is 8.99. The lowest BCUT2D eigenvalue weighted by Gasteiger charge is -2.07. The molecule has 0 unspecified atom stereocenters. The quantitative estimate of drug-likeness (QED) is 0.828. The summed E-state index contributed by atoms with van der Waals surface area (Å²) >= 11 is 0.